The van der Waals surface area contributed by atoms with Gasteiger partial charge in [-0.25, -0.2) is 0 Å². The van der Waals surface area contributed by atoms with E-state index in [2.05, 4.69) is 29.8 Å². The fourth-order valence-electron chi connectivity index (χ4n) is 1.07. The zero-order valence-electron chi connectivity index (χ0n) is 7.30. The first-order chi connectivity index (χ1) is 5.66. The van der Waals surface area contributed by atoms with Gasteiger partial charge in [-0.15, -0.1) is 0 Å². The fraction of sp³-hybridized carbons (Fsp3) is 0.300. The van der Waals surface area contributed by atoms with E-state index < -0.39 is 0 Å². The second kappa shape index (κ2) is 3.94. The number of hydrogen-bond acceptors (Lipinski definition) is 1. The zero-order valence-corrected chi connectivity index (χ0v) is 8.89. The molecular weight excluding hydrogens is 216 g/mol. The van der Waals surface area contributed by atoms with Crippen molar-refractivity contribution >= 4 is 15.9 Å². The molecule has 1 unspecified atom stereocenters. The van der Waals surface area contributed by atoms with Gasteiger partial charge >= 0.3 is 0 Å². The minimum atomic E-state index is 0.273. The summed E-state index contributed by atoms with van der Waals surface area (Å²) in [7, 11) is 1.66. The highest BCUT2D eigenvalue weighted by molar-refractivity contribution is 9.10. The Morgan fingerprint density at radius 2 is 2.17 bits per heavy atom. The first-order valence-corrected chi connectivity index (χ1v) is 4.61. The van der Waals surface area contributed by atoms with Crippen molar-refractivity contribution in [1.82, 2.24) is 0 Å². The Balaban J connectivity index is 3.14. The van der Waals surface area contributed by atoms with Crippen molar-refractivity contribution in [3.05, 3.63) is 35.2 Å². The summed E-state index contributed by atoms with van der Waals surface area (Å²) >= 11 is 3.48. The van der Waals surface area contributed by atoms with Crippen LogP contribution in [0.5, 0.6) is 5.75 Å². The second-order valence-corrected chi connectivity index (χ2v) is 3.56. The van der Waals surface area contributed by atoms with Crippen LogP contribution in [0.3, 0.4) is 0 Å². The smallest absolute Gasteiger partial charge is 0.133 e. The van der Waals surface area contributed by atoms with E-state index in [4.69, 9.17) is 4.74 Å². The van der Waals surface area contributed by atoms with E-state index in [0.717, 1.165) is 10.2 Å². The number of benzene rings is 1. The topological polar surface area (TPSA) is 9.23 Å². The predicted octanol–water partition coefficient (Wildman–Crippen LogP) is 3.40. The maximum Gasteiger partial charge on any atom is 0.133 e. The van der Waals surface area contributed by atoms with Gasteiger partial charge in [-0.1, -0.05) is 19.1 Å². The minimum absolute atomic E-state index is 0.273. The molecule has 0 heterocycles. The van der Waals surface area contributed by atoms with Crippen LogP contribution in [-0.2, 0) is 0 Å². The lowest BCUT2D eigenvalue weighted by atomic mass is 10.0. The van der Waals surface area contributed by atoms with Crippen LogP contribution < -0.4 is 4.74 Å². The maximum atomic E-state index is 5.16. The molecule has 1 aromatic carbocycles. The van der Waals surface area contributed by atoms with Gasteiger partial charge in [-0.2, -0.15) is 0 Å². The Morgan fingerprint density at radius 1 is 1.50 bits per heavy atom. The lowest BCUT2D eigenvalue weighted by Gasteiger charge is -2.10. The largest absolute Gasteiger partial charge is 0.496 e. The molecule has 1 radical (unpaired) electrons. The molecule has 0 bridgehead atoms. The molecule has 1 aromatic rings. The van der Waals surface area contributed by atoms with Gasteiger partial charge in [0, 0.05) is 0 Å². The fourth-order valence-corrected chi connectivity index (χ4v) is 1.88. The number of halogens is 1. The van der Waals surface area contributed by atoms with Gasteiger partial charge in [0.05, 0.1) is 11.6 Å². The van der Waals surface area contributed by atoms with E-state index in [0.29, 0.717) is 0 Å². The van der Waals surface area contributed by atoms with Crippen LogP contribution in [0, 0.1) is 6.92 Å². The molecule has 0 aliphatic carbocycles. The lowest BCUT2D eigenvalue weighted by molar-refractivity contribution is 0.411. The van der Waals surface area contributed by atoms with Crippen molar-refractivity contribution in [2.45, 2.75) is 12.8 Å². The quantitative estimate of drug-likeness (QED) is 0.753. The van der Waals surface area contributed by atoms with Gasteiger partial charge < -0.3 is 4.74 Å². The summed E-state index contributed by atoms with van der Waals surface area (Å²) in [6.07, 6.45) is 0. The van der Waals surface area contributed by atoms with Gasteiger partial charge in [0.1, 0.15) is 5.75 Å². The van der Waals surface area contributed by atoms with Crippen LogP contribution in [0.2, 0.25) is 0 Å². The molecule has 65 valence electrons. The van der Waals surface area contributed by atoms with Crippen molar-refractivity contribution in [3.63, 3.8) is 0 Å². The molecule has 0 fully saturated rings. The normalized spacial score (nSPS) is 10.4. The zero-order chi connectivity index (χ0) is 9.14. The summed E-state index contributed by atoms with van der Waals surface area (Å²) in [5.41, 5.74) is 1.18. The summed E-state index contributed by atoms with van der Waals surface area (Å²) in [5.74, 6) is 1.14. The van der Waals surface area contributed by atoms with Crippen molar-refractivity contribution < 1.29 is 4.74 Å². The Hall–Kier alpha value is -0.500. The molecule has 2 heteroatoms. The monoisotopic (exact) mass is 227 g/mol. The Labute approximate surface area is 81.9 Å². The van der Waals surface area contributed by atoms with Crippen LogP contribution in [0.4, 0.5) is 0 Å². The molecule has 0 aliphatic rings. The summed E-state index contributed by atoms with van der Waals surface area (Å²) in [5, 5.41) is 0. The molecule has 0 saturated carbocycles. The first kappa shape index (κ1) is 9.59. The van der Waals surface area contributed by atoms with E-state index in [9.17, 15) is 0 Å². The standard InChI is InChI=1S/C10H12BrO/c1-7(2)8-5-4-6-9(12-3)10(8)11/h4-7H,1H2,2-3H3. The molecule has 0 aromatic heterocycles. The third kappa shape index (κ3) is 1.81. The van der Waals surface area contributed by atoms with E-state index in [-0.39, 0.29) is 5.92 Å². The Morgan fingerprint density at radius 3 is 2.67 bits per heavy atom. The van der Waals surface area contributed by atoms with Crippen LogP contribution in [0.15, 0.2) is 22.7 Å². The highest BCUT2D eigenvalue weighted by Gasteiger charge is 2.07. The van der Waals surface area contributed by atoms with Crippen LogP contribution >= 0.6 is 15.9 Å². The highest BCUT2D eigenvalue weighted by Crippen LogP contribution is 2.32. The average molecular weight is 228 g/mol. The first-order valence-electron chi connectivity index (χ1n) is 3.82. The van der Waals surface area contributed by atoms with Crippen molar-refractivity contribution in [2.75, 3.05) is 7.11 Å². The number of hydrogen-bond donors (Lipinski definition) is 0. The van der Waals surface area contributed by atoms with Gasteiger partial charge in [0.2, 0.25) is 0 Å². The van der Waals surface area contributed by atoms with Gasteiger partial charge in [-0.3, -0.25) is 0 Å². The Kier molecular flexibility index (Phi) is 3.15. The predicted molar refractivity (Wildman–Crippen MR) is 54.5 cm³/mol. The molecule has 0 saturated heterocycles. The molecule has 0 amide bonds. The van der Waals surface area contributed by atoms with Gasteiger partial charge in [-0.05, 0) is 40.4 Å². The molecule has 0 spiro atoms. The lowest BCUT2D eigenvalue weighted by Crippen LogP contribution is -1.92. The van der Waals surface area contributed by atoms with Crippen molar-refractivity contribution in [2.24, 2.45) is 0 Å². The average Bonchev–Trinajstić information content (AvgIpc) is 2.04. The SMILES string of the molecule is [CH2]C(C)c1cccc(OC)c1Br. The summed E-state index contributed by atoms with van der Waals surface area (Å²) in [6.45, 7) is 6.01. The van der Waals surface area contributed by atoms with Crippen molar-refractivity contribution in [1.29, 1.82) is 0 Å². The van der Waals surface area contributed by atoms with Gasteiger partial charge in [0.15, 0.2) is 0 Å². The number of rotatable bonds is 2. The molecule has 1 nitrogen and oxygen atoms in total. The summed E-state index contributed by atoms with van der Waals surface area (Å²) in [6, 6.07) is 5.95. The van der Waals surface area contributed by atoms with E-state index in [1.165, 1.54) is 5.56 Å². The molecule has 12 heavy (non-hydrogen) atoms. The molecule has 0 N–H and O–H groups in total. The summed E-state index contributed by atoms with van der Waals surface area (Å²) < 4.78 is 6.17. The third-order valence-electron chi connectivity index (χ3n) is 1.74. The van der Waals surface area contributed by atoms with Crippen LogP contribution in [0.25, 0.3) is 0 Å². The van der Waals surface area contributed by atoms with Crippen LogP contribution in [0.1, 0.15) is 18.4 Å². The van der Waals surface area contributed by atoms with Crippen molar-refractivity contribution in [3.8, 4) is 5.75 Å². The Bertz CT molecular complexity index is 269. The second-order valence-electron chi connectivity index (χ2n) is 2.76. The van der Waals surface area contributed by atoms with Gasteiger partial charge in [0.25, 0.3) is 0 Å². The van der Waals surface area contributed by atoms with Crippen LogP contribution in [-0.4, -0.2) is 7.11 Å². The van der Waals surface area contributed by atoms with E-state index >= 15 is 0 Å². The molecule has 1 atom stereocenters. The number of ether oxygens (including phenoxy) is 1. The van der Waals surface area contributed by atoms with E-state index in [1.807, 2.05) is 18.2 Å². The molecule has 0 aliphatic heterocycles. The summed E-state index contributed by atoms with van der Waals surface area (Å²) in [4.78, 5) is 0. The molecule has 1 rings (SSSR count). The minimum Gasteiger partial charge on any atom is -0.496 e. The third-order valence-corrected chi connectivity index (χ3v) is 2.59. The number of methoxy groups -OCH3 is 1. The van der Waals surface area contributed by atoms with E-state index in [1.54, 1.807) is 7.11 Å². The molecular formula is C10H12BrO. The maximum absolute atomic E-state index is 5.16. The highest BCUT2D eigenvalue weighted by atomic mass is 79.9.